The van der Waals surface area contributed by atoms with Crippen LogP contribution in [0.15, 0.2) is 41.6 Å². The summed E-state index contributed by atoms with van der Waals surface area (Å²) >= 11 is 0. The van der Waals surface area contributed by atoms with Crippen LogP contribution in [0.5, 0.6) is 5.75 Å². The van der Waals surface area contributed by atoms with Crippen LogP contribution in [0.25, 0.3) is 0 Å². The third kappa shape index (κ3) is 3.71. The van der Waals surface area contributed by atoms with Crippen molar-refractivity contribution in [1.82, 2.24) is 0 Å². The Morgan fingerprint density at radius 2 is 2.00 bits per heavy atom. The summed E-state index contributed by atoms with van der Waals surface area (Å²) in [4.78, 5) is 0. The van der Waals surface area contributed by atoms with Crippen LogP contribution in [-0.4, -0.2) is 14.7 Å². The second kappa shape index (κ2) is 7.28. The van der Waals surface area contributed by atoms with E-state index in [0.29, 0.717) is 0 Å². The molecule has 1 nitrogen and oxygen atoms in total. The standard InChI is InChI=1S/C16H21OSi.Ti/c1-4-13-17-15-11-7-8-12-16(15)18(2,3)14-9-5-6-10-14;/h5,7-9,11-12H,4,6,13H2,1-3H3;/q-1;. The van der Waals surface area contributed by atoms with E-state index < -0.39 is 8.07 Å². The molecule has 0 heterocycles. The number of ether oxygens (including phenoxy) is 1. The molecule has 0 atom stereocenters. The molecule has 3 heteroatoms. The van der Waals surface area contributed by atoms with Gasteiger partial charge in [0, 0.05) is 21.7 Å². The van der Waals surface area contributed by atoms with Gasteiger partial charge in [-0.25, -0.2) is 11.3 Å². The Labute approximate surface area is 132 Å². The molecule has 0 radical (unpaired) electrons. The predicted molar refractivity (Wildman–Crippen MR) is 79.9 cm³/mol. The van der Waals surface area contributed by atoms with Crippen LogP contribution in [0.3, 0.4) is 0 Å². The summed E-state index contributed by atoms with van der Waals surface area (Å²) in [7, 11) is -1.65. The number of hydrogen-bond acceptors (Lipinski definition) is 1. The van der Waals surface area contributed by atoms with Crippen molar-refractivity contribution in [2.75, 3.05) is 6.61 Å². The average Bonchev–Trinajstić information content (AvgIpc) is 2.91. The van der Waals surface area contributed by atoms with E-state index in [1.807, 2.05) is 0 Å². The molecule has 0 bridgehead atoms. The van der Waals surface area contributed by atoms with E-state index in [1.54, 1.807) is 0 Å². The summed E-state index contributed by atoms with van der Waals surface area (Å²) in [6, 6.07) is 8.49. The van der Waals surface area contributed by atoms with E-state index in [-0.39, 0.29) is 21.7 Å². The van der Waals surface area contributed by atoms with Crippen LogP contribution in [0.1, 0.15) is 19.8 Å². The quantitative estimate of drug-likeness (QED) is 0.596. The Hall–Kier alpha value is -0.569. The van der Waals surface area contributed by atoms with E-state index in [2.05, 4.69) is 62.5 Å². The van der Waals surface area contributed by atoms with Gasteiger partial charge in [0.25, 0.3) is 0 Å². The molecule has 1 aliphatic rings. The SMILES string of the molecule is CCCOc1ccccc1[Si](C)(C)C1=[C-]CC=C1.[Ti]. The normalized spacial score (nSPS) is 13.9. The molecule has 2 rings (SSSR count). The van der Waals surface area contributed by atoms with Crippen LogP contribution < -0.4 is 9.92 Å². The van der Waals surface area contributed by atoms with Crippen molar-refractivity contribution in [2.45, 2.75) is 32.9 Å². The first-order valence-corrected chi connectivity index (χ1v) is 9.66. The molecular weight excluding hydrogens is 284 g/mol. The molecule has 0 saturated carbocycles. The van der Waals surface area contributed by atoms with Crippen LogP contribution >= 0.6 is 0 Å². The number of benzene rings is 1. The number of allylic oxidation sites excluding steroid dienone is 4. The molecule has 0 saturated heterocycles. The zero-order valence-electron chi connectivity index (χ0n) is 12.0. The summed E-state index contributed by atoms with van der Waals surface area (Å²) in [6.07, 6.45) is 9.93. The largest absolute Gasteiger partial charge is 0.494 e. The van der Waals surface area contributed by atoms with Gasteiger partial charge in [0.1, 0.15) is 5.75 Å². The van der Waals surface area contributed by atoms with Crippen molar-refractivity contribution >= 4 is 13.3 Å². The molecule has 19 heavy (non-hydrogen) atoms. The first kappa shape index (κ1) is 16.5. The zero-order chi connectivity index (χ0) is 13.0. The topological polar surface area (TPSA) is 9.23 Å². The fraction of sp³-hybridized carbons (Fsp3) is 0.375. The van der Waals surface area contributed by atoms with Crippen molar-refractivity contribution in [3.05, 3.63) is 47.7 Å². The molecule has 0 aromatic heterocycles. The number of hydrogen-bond donors (Lipinski definition) is 0. The van der Waals surface area contributed by atoms with Gasteiger partial charge >= 0.3 is 0 Å². The van der Waals surface area contributed by atoms with Gasteiger partial charge in [-0.05, 0) is 17.7 Å². The van der Waals surface area contributed by atoms with Crippen molar-refractivity contribution in [3.8, 4) is 5.75 Å². The second-order valence-electron chi connectivity index (χ2n) is 5.17. The first-order chi connectivity index (χ1) is 8.66. The maximum absolute atomic E-state index is 5.90. The summed E-state index contributed by atoms with van der Waals surface area (Å²) in [5, 5.41) is 2.78. The maximum atomic E-state index is 5.90. The summed E-state index contributed by atoms with van der Waals surface area (Å²) in [5.41, 5.74) is 0. The van der Waals surface area contributed by atoms with Gasteiger partial charge in [-0.1, -0.05) is 38.2 Å². The van der Waals surface area contributed by atoms with Gasteiger partial charge in [0.2, 0.25) is 0 Å². The molecule has 0 spiro atoms. The van der Waals surface area contributed by atoms with E-state index >= 15 is 0 Å². The second-order valence-corrected chi connectivity index (χ2v) is 9.49. The molecule has 0 aliphatic heterocycles. The smallest absolute Gasteiger partial charge is 0.118 e. The van der Waals surface area contributed by atoms with Crippen molar-refractivity contribution in [1.29, 1.82) is 0 Å². The van der Waals surface area contributed by atoms with E-state index in [1.165, 1.54) is 10.4 Å². The minimum atomic E-state index is -1.65. The molecule has 0 fully saturated rings. The Balaban J connectivity index is 0.00000180. The van der Waals surface area contributed by atoms with E-state index in [4.69, 9.17) is 4.74 Å². The molecule has 1 aromatic rings. The van der Waals surface area contributed by atoms with Gasteiger partial charge in [0.15, 0.2) is 0 Å². The minimum Gasteiger partial charge on any atom is -0.494 e. The van der Waals surface area contributed by atoms with Gasteiger partial charge < -0.3 is 4.74 Å². The van der Waals surface area contributed by atoms with Crippen molar-refractivity contribution in [3.63, 3.8) is 0 Å². The fourth-order valence-electron chi connectivity index (χ4n) is 2.30. The van der Waals surface area contributed by atoms with Gasteiger partial charge in [0.05, 0.1) is 14.7 Å². The molecule has 0 N–H and O–H groups in total. The molecule has 1 aromatic carbocycles. The molecule has 0 unspecified atom stereocenters. The third-order valence-electron chi connectivity index (χ3n) is 3.39. The Morgan fingerprint density at radius 1 is 1.26 bits per heavy atom. The zero-order valence-corrected chi connectivity index (χ0v) is 14.6. The van der Waals surface area contributed by atoms with E-state index in [0.717, 1.165) is 25.2 Å². The van der Waals surface area contributed by atoms with Gasteiger partial charge in [-0.15, -0.1) is 6.42 Å². The van der Waals surface area contributed by atoms with Crippen molar-refractivity contribution in [2.24, 2.45) is 0 Å². The summed E-state index contributed by atoms with van der Waals surface area (Å²) in [6.45, 7) is 7.68. The Bertz CT molecular complexity index is 477. The third-order valence-corrected chi connectivity index (χ3v) is 6.84. The molecular formula is C16H21OSiTi-. The van der Waals surface area contributed by atoms with Crippen LogP contribution in [0.4, 0.5) is 0 Å². The van der Waals surface area contributed by atoms with Crippen molar-refractivity contribution < 1.29 is 26.5 Å². The molecule has 1 aliphatic carbocycles. The number of rotatable bonds is 5. The van der Waals surface area contributed by atoms with Crippen LogP contribution in [-0.2, 0) is 21.7 Å². The van der Waals surface area contributed by atoms with Crippen LogP contribution in [0.2, 0.25) is 13.1 Å². The fourth-order valence-corrected chi connectivity index (χ4v) is 4.95. The van der Waals surface area contributed by atoms with Gasteiger partial charge in [-0.3, -0.25) is 6.08 Å². The number of para-hydroxylation sites is 1. The first-order valence-electron chi connectivity index (χ1n) is 6.66. The van der Waals surface area contributed by atoms with Crippen LogP contribution in [0, 0.1) is 6.08 Å². The Morgan fingerprint density at radius 3 is 2.63 bits per heavy atom. The summed E-state index contributed by atoms with van der Waals surface area (Å²) < 4.78 is 5.90. The van der Waals surface area contributed by atoms with E-state index in [9.17, 15) is 0 Å². The molecule has 0 amide bonds. The molecule has 100 valence electrons. The average molecular weight is 305 g/mol. The monoisotopic (exact) mass is 305 g/mol. The Kier molecular flexibility index (Phi) is 6.31. The summed E-state index contributed by atoms with van der Waals surface area (Å²) in [5.74, 6) is 1.06. The van der Waals surface area contributed by atoms with Gasteiger partial charge in [-0.2, -0.15) is 6.08 Å². The minimum absolute atomic E-state index is 0. The predicted octanol–water partition coefficient (Wildman–Crippen LogP) is 3.62. The maximum Gasteiger partial charge on any atom is 0.118 e.